The number of amides is 1. The number of aromatic nitrogens is 3. The summed E-state index contributed by atoms with van der Waals surface area (Å²) in [7, 11) is -3.16. The van der Waals surface area contributed by atoms with Crippen LogP contribution in [0.15, 0.2) is 65.8 Å². The van der Waals surface area contributed by atoms with E-state index in [1.165, 1.54) is 34.7 Å². The molecule has 0 N–H and O–H groups in total. The molecule has 6 rings (SSSR count). The number of nitrogens with zero attached hydrogens (tertiary/aromatic N) is 7. The van der Waals surface area contributed by atoms with Crippen molar-refractivity contribution in [3.8, 4) is 23.1 Å². The van der Waals surface area contributed by atoms with Crippen molar-refractivity contribution < 1.29 is 27.6 Å². The fourth-order valence-electron chi connectivity index (χ4n) is 5.31. The molecule has 1 amide bonds. The summed E-state index contributed by atoms with van der Waals surface area (Å²) in [5, 5.41) is 26.0. The molecule has 15 heteroatoms. The van der Waals surface area contributed by atoms with Gasteiger partial charge in [-0.05, 0) is 29.8 Å². The van der Waals surface area contributed by atoms with E-state index in [0.717, 1.165) is 16.4 Å². The minimum absolute atomic E-state index is 0.0685. The first-order chi connectivity index (χ1) is 20.2. The van der Waals surface area contributed by atoms with Crippen LogP contribution in [0.2, 0.25) is 0 Å². The minimum atomic E-state index is -4.58. The van der Waals surface area contributed by atoms with Gasteiger partial charge in [0.15, 0.2) is 10.5 Å². The summed E-state index contributed by atoms with van der Waals surface area (Å²) >= 11 is 0. The molecule has 2 atom stereocenters. The molecule has 4 bridgehead atoms. The monoisotopic (exact) mass is 589 g/mol. The zero-order valence-corrected chi connectivity index (χ0v) is 23.0. The lowest BCUT2D eigenvalue weighted by molar-refractivity contribution is -0.387. The Morgan fingerprint density at radius 1 is 1.19 bits per heavy atom. The number of fused-ring (bicyclic) bond motifs is 5. The number of nitro benzene ring substituents is 1. The molecule has 0 aliphatic carbocycles. The molecule has 2 aromatic carbocycles. The van der Waals surface area contributed by atoms with E-state index in [4.69, 9.17) is 9.47 Å². The van der Waals surface area contributed by atoms with Crippen LogP contribution in [0.3, 0.4) is 0 Å². The number of anilines is 1. The molecule has 0 saturated carbocycles. The van der Waals surface area contributed by atoms with Crippen molar-refractivity contribution in [2.24, 2.45) is 0 Å². The van der Waals surface area contributed by atoms with Crippen LogP contribution >= 0.6 is 0 Å². The first kappa shape index (κ1) is 27.1. The topological polar surface area (TPSA) is 173 Å². The number of benzene rings is 2. The van der Waals surface area contributed by atoms with Crippen molar-refractivity contribution in [3.05, 3.63) is 76.6 Å². The van der Waals surface area contributed by atoms with E-state index < -0.39 is 37.7 Å². The number of nitriles is 1. The first-order valence-corrected chi connectivity index (χ1v) is 14.3. The van der Waals surface area contributed by atoms with E-state index in [2.05, 4.69) is 16.2 Å². The lowest BCUT2D eigenvalue weighted by Crippen LogP contribution is -2.44. The van der Waals surface area contributed by atoms with Crippen LogP contribution in [-0.2, 0) is 19.6 Å². The Bertz CT molecular complexity index is 1890. The summed E-state index contributed by atoms with van der Waals surface area (Å²) < 4.78 is 42.2. The van der Waals surface area contributed by atoms with Crippen molar-refractivity contribution in [3.63, 3.8) is 0 Å². The molecule has 42 heavy (non-hydrogen) atoms. The molecule has 214 valence electrons. The second-order valence-corrected chi connectivity index (χ2v) is 11.6. The third kappa shape index (κ3) is 4.56. The lowest BCUT2D eigenvalue weighted by atomic mass is 10.0. The second kappa shape index (κ2) is 10.4. The van der Waals surface area contributed by atoms with Gasteiger partial charge in [0.05, 0.1) is 41.0 Å². The third-order valence-corrected chi connectivity index (χ3v) is 9.23. The maximum atomic E-state index is 14.2. The molecule has 0 spiro atoms. The molecule has 1 saturated heterocycles. The van der Waals surface area contributed by atoms with Gasteiger partial charge in [0.1, 0.15) is 12.7 Å². The van der Waals surface area contributed by atoms with Crippen molar-refractivity contribution in [2.45, 2.75) is 23.5 Å². The van der Waals surface area contributed by atoms with Crippen LogP contribution in [0.25, 0.3) is 16.8 Å². The van der Waals surface area contributed by atoms with Gasteiger partial charge >= 0.3 is 0 Å². The Balaban J connectivity index is 1.58. The molecule has 0 unspecified atom stereocenters. The highest BCUT2D eigenvalue weighted by Gasteiger charge is 2.41. The summed E-state index contributed by atoms with van der Waals surface area (Å²) in [6, 6.07) is 12.8. The molecule has 4 aromatic rings. The number of carbonyl (C=O) groups excluding carboxylic acids is 1. The number of sulfonamides is 1. The van der Waals surface area contributed by atoms with Gasteiger partial charge in [-0.2, -0.15) is 15.3 Å². The predicted molar refractivity (Wildman–Crippen MR) is 147 cm³/mol. The number of methoxy groups -OCH3 is 1. The van der Waals surface area contributed by atoms with Crippen LogP contribution in [0.5, 0.6) is 5.88 Å². The second-order valence-electron chi connectivity index (χ2n) is 9.73. The van der Waals surface area contributed by atoms with Crippen molar-refractivity contribution in [1.82, 2.24) is 19.5 Å². The van der Waals surface area contributed by atoms with Gasteiger partial charge in [0.2, 0.25) is 5.88 Å². The highest BCUT2D eigenvalue weighted by atomic mass is 32.2. The van der Waals surface area contributed by atoms with E-state index in [9.17, 15) is 28.6 Å². The summed E-state index contributed by atoms with van der Waals surface area (Å²) in [6.07, 6.45) is 2.75. The number of carbonyl (C=O) groups is 1. The summed E-state index contributed by atoms with van der Waals surface area (Å²) in [4.78, 5) is 29.8. The van der Waals surface area contributed by atoms with E-state index in [1.807, 2.05) is 0 Å². The van der Waals surface area contributed by atoms with Gasteiger partial charge in [0.25, 0.3) is 21.6 Å². The predicted octanol–water partition coefficient (Wildman–Crippen LogP) is 2.38. The number of para-hydroxylation sites is 1. The fraction of sp³-hybridized carbons (Fsp3) is 0.259. The number of nitro groups is 1. The Morgan fingerprint density at radius 2 is 2.00 bits per heavy atom. The number of ether oxygens (including phenoxy) is 2. The van der Waals surface area contributed by atoms with Gasteiger partial charge in [-0.25, -0.2) is 12.9 Å². The molecule has 2 aliphatic heterocycles. The van der Waals surface area contributed by atoms with Gasteiger partial charge in [-0.3, -0.25) is 19.2 Å². The van der Waals surface area contributed by atoms with Gasteiger partial charge < -0.3 is 14.4 Å². The van der Waals surface area contributed by atoms with Crippen molar-refractivity contribution >= 4 is 33.0 Å². The number of rotatable bonds is 4. The van der Waals surface area contributed by atoms with Gasteiger partial charge in [-0.15, -0.1) is 0 Å². The third-order valence-electron chi connectivity index (χ3n) is 7.36. The number of hydrogen-bond donors (Lipinski definition) is 0. The van der Waals surface area contributed by atoms with E-state index in [-0.39, 0.29) is 36.9 Å². The molecule has 1 fully saturated rings. The highest BCUT2D eigenvalue weighted by molar-refractivity contribution is 7.93. The largest absolute Gasteiger partial charge is 0.475 e. The van der Waals surface area contributed by atoms with E-state index >= 15 is 0 Å². The van der Waals surface area contributed by atoms with Crippen molar-refractivity contribution in [2.75, 3.05) is 31.1 Å². The first-order valence-electron chi connectivity index (χ1n) is 12.8. The van der Waals surface area contributed by atoms with Crippen LogP contribution in [0.1, 0.15) is 12.0 Å². The molecule has 2 aliphatic rings. The quantitative estimate of drug-likeness (QED) is 0.254. The highest BCUT2D eigenvalue weighted by Crippen LogP contribution is 2.35. The maximum Gasteiger partial charge on any atom is 0.289 e. The number of hydrogen-bond acceptors (Lipinski definition) is 10. The molecular formula is C27H23N7O7S. The molecule has 4 heterocycles. The molecule has 14 nitrogen and oxygen atoms in total. The Kier molecular flexibility index (Phi) is 6.71. The normalized spacial score (nSPS) is 18.8. The van der Waals surface area contributed by atoms with Gasteiger partial charge in [-0.1, -0.05) is 12.1 Å². The summed E-state index contributed by atoms with van der Waals surface area (Å²) in [6.45, 7) is -0.280. The minimum Gasteiger partial charge on any atom is -0.475 e. The van der Waals surface area contributed by atoms with Crippen molar-refractivity contribution in [1.29, 1.82) is 5.26 Å². The smallest absolute Gasteiger partial charge is 0.289 e. The molecule has 2 aromatic heterocycles. The van der Waals surface area contributed by atoms with Gasteiger partial charge in [0, 0.05) is 44.0 Å². The maximum absolute atomic E-state index is 14.2. The van der Waals surface area contributed by atoms with E-state index in [0.29, 0.717) is 29.1 Å². The van der Waals surface area contributed by atoms with E-state index in [1.54, 1.807) is 30.6 Å². The Morgan fingerprint density at radius 3 is 2.76 bits per heavy atom. The molecular weight excluding hydrogens is 566 g/mol. The average Bonchev–Trinajstić information content (AvgIpc) is 3.55. The SMILES string of the molecule is CO[C@@H]1C[C@H]2COc3ccn4ncc(c4n3)-c3cc(C#N)cc(c3)N(S(=O)(=O)c3ccccc3[N+](=O)[O-])CCN2C1=O. The fourth-order valence-corrected chi connectivity index (χ4v) is 6.91. The standard InChI is InChI=1S/C27H23N7O7S/c1-40-23-13-20-16-41-25-6-7-32-26(30-25)21(15-29-32)18-10-17(14-28)11-19(12-18)33(9-8-31(20)27(23)35)42(38,39)24-5-3-2-4-22(24)34(36)37/h2-7,10-12,15,20,23H,8-9,13,16H2,1H3/t20-,23+/m0/s1. The van der Waals surface area contributed by atoms with Crippen LogP contribution in [-0.4, -0.2) is 77.7 Å². The Hall–Kier alpha value is -5.07. The zero-order valence-electron chi connectivity index (χ0n) is 22.2. The summed E-state index contributed by atoms with van der Waals surface area (Å²) in [5.41, 5.74) is 0.967. The average molecular weight is 590 g/mol. The van der Waals surface area contributed by atoms with Crippen LogP contribution in [0.4, 0.5) is 11.4 Å². The van der Waals surface area contributed by atoms with Crippen LogP contribution < -0.4 is 9.04 Å². The van der Waals surface area contributed by atoms with Crippen LogP contribution in [0, 0.1) is 21.4 Å². The Labute approximate surface area is 239 Å². The lowest BCUT2D eigenvalue weighted by Gasteiger charge is -2.30. The summed E-state index contributed by atoms with van der Waals surface area (Å²) in [5.74, 6) is -0.0407. The molecule has 0 radical (unpaired) electrons. The zero-order chi connectivity index (χ0) is 29.6.